The highest BCUT2D eigenvalue weighted by Crippen LogP contribution is 2.18. The van der Waals surface area contributed by atoms with Gasteiger partial charge in [-0.2, -0.15) is 0 Å². The van der Waals surface area contributed by atoms with E-state index < -0.39 is 35.1 Å². The fraction of sp³-hybridized carbons (Fsp3) is 1.00. The van der Waals surface area contributed by atoms with E-state index in [9.17, 15) is 0 Å². The molecule has 0 fully saturated rings. The van der Waals surface area contributed by atoms with Crippen LogP contribution in [0.3, 0.4) is 0 Å². The van der Waals surface area contributed by atoms with E-state index in [-0.39, 0.29) is 0 Å². The van der Waals surface area contributed by atoms with Crippen molar-refractivity contribution in [3.05, 3.63) is 0 Å². The summed E-state index contributed by atoms with van der Waals surface area (Å²) in [5, 5.41) is 0. The van der Waals surface area contributed by atoms with Crippen LogP contribution in [0.4, 0.5) is 0 Å². The van der Waals surface area contributed by atoms with Gasteiger partial charge in [-0.25, -0.2) is 0 Å². The maximum absolute atomic E-state index is 7.89. The first-order chi connectivity index (χ1) is 7.12. The lowest BCUT2D eigenvalue weighted by Crippen LogP contribution is -2.51. The molecule has 0 aliphatic heterocycles. The zero-order valence-corrected chi connectivity index (χ0v) is 15.2. The van der Waals surface area contributed by atoms with Gasteiger partial charge >= 0.3 is 17.1 Å². The molecule has 0 aromatic carbocycles. The molecule has 0 amide bonds. The molecule has 7 heteroatoms. The predicted octanol–water partition coefficient (Wildman–Crippen LogP) is 2.41. The largest absolute Gasteiger partial charge is 0.440 e. The van der Waals surface area contributed by atoms with Gasteiger partial charge in [-0.05, 0) is 52.4 Å². The lowest BCUT2D eigenvalue weighted by atomic mass is 11.9. The van der Waals surface area contributed by atoms with E-state index in [2.05, 4.69) is 0 Å². The second-order valence-corrected chi connectivity index (χ2v) is 16.6. The summed E-state index contributed by atoms with van der Waals surface area (Å²) < 4.78 is 33.4. The van der Waals surface area contributed by atoms with Crippen LogP contribution in [0.15, 0.2) is 0 Å². The van der Waals surface area contributed by atoms with Crippen LogP contribution in [-0.2, 0) is 12.3 Å². The van der Waals surface area contributed by atoms with Crippen molar-refractivity contribution >= 4 is 35.1 Å². The second-order valence-electron chi connectivity index (χ2n) is 4.92. The highest BCUT2D eigenvalue weighted by molar-refractivity contribution is 6.84. The van der Waals surface area contributed by atoms with Crippen LogP contribution < -0.4 is 0 Å². The lowest BCUT2D eigenvalue weighted by Gasteiger charge is -2.35. The maximum atomic E-state index is 7.89. The second kappa shape index (κ2) is 5.89. The molecule has 0 aliphatic rings. The third kappa shape index (κ3) is 8.54. The Balaban J connectivity index is 4.59. The minimum Gasteiger partial charge on any atom is -0.440 e. The Labute approximate surface area is 103 Å². The van der Waals surface area contributed by atoms with Gasteiger partial charge in [-0.1, -0.05) is 0 Å². The highest BCUT2D eigenvalue weighted by atomic mass is 28.5. The summed E-state index contributed by atoms with van der Waals surface area (Å²) >= 11 is 0. The van der Waals surface area contributed by atoms with Gasteiger partial charge in [-0.3, -0.25) is 0 Å². The van der Waals surface area contributed by atoms with Crippen LogP contribution in [0.1, 0.15) is 0 Å². The Morgan fingerprint density at radius 2 is 1.07 bits per heavy atom. The first-order valence-corrected chi connectivity index (χ1v) is 15.7. The summed E-state index contributed by atoms with van der Waals surface area (Å²) in [4.78, 5) is 0. The van der Waals surface area contributed by atoms with Crippen molar-refractivity contribution in [1.29, 1.82) is 2.47 Å². The van der Waals surface area contributed by atoms with E-state index in [1.165, 1.54) is 0 Å². The number of hydrogen-bond acceptors (Lipinski definition) is 3. The van der Waals surface area contributed by atoms with Crippen LogP contribution in [0.25, 0.3) is 0 Å². The van der Waals surface area contributed by atoms with Gasteiger partial charge in [0.25, 0.3) is 0 Å². The molecule has 3 nitrogen and oxygen atoms in total. The molecule has 0 bridgehead atoms. The van der Waals surface area contributed by atoms with Crippen molar-refractivity contribution in [2.75, 3.05) is 0 Å². The average Bonchev–Trinajstić information content (AvgIpc) is 1.65. The molecule has 0 saturated heterocycles. The summed E-state index contributed by atoms with van der Waals surface area (Å²) in [6.07, 6.45) is 0. The van der Waals surface area contributed by atoms with Crippen LogP contribution in [0.2, 0.25) is 52.4 Å². The maximum Gasteiger partial charge on any atom is 0.312 e. The molecule has 0 aromatic heterocycles. The molecule has 0 heterocycles. The first kappa shape index (κ1) is 12.2. The third-order valence-electron chi connectivity index (χ3n) is 1.39. The zero-order chi connectivity index (χ0) is 14.1. The van der Waals surface area contributed by atoms with Crippen molar-refractivity contribution < 1.29 is 12.3 Å². The Bertz CT molecular complexity index is 234. The Morgan fingerprint density at radius 3 is 1.27 bits per heavy atom. The molecular weight excluding hydrogens is 256 g/mol. The van der Waals surface area contributed by atoms with E-state index in [0.717, 1.165) is 0 Å². The van der Waals surface area contributed by atoms with Crippen LogP contribution in [-0.4, -0.2) is 37.5 Å². The highest BCUT2D eigenvalue weighted by Gasteiger charge is 2.37. The van der Waals surface area contributed by atoms with Crippen molar-refractivity contribution in [3.63, 3.8) is 0 Å². The molecule has 0 spiro atoms. The minimum absolute atomic E-state index is 1.84. The Morgan fingerprint density at radius 1 is 0.800 bits per heavy atom. The average molecular weight is 285 g/mol. The molecule has 0 rings (SSSR count). The quantitative estimate of drug-likeness (QED) is 0.701. The molecule has 0 aromatic rings. The number of hydrogen-bond donors (Lipinski definition) is 0. The van der Waals surface area contributed by atoms with Gasteiger partial charge < -0.3 is 12.3 Å². The molecule has 0 atom stereocenters. The van der Waals surface area contributed by atoms with Gasteiger partial charge in [0.2, 0.25) is 0 Å². The minimum atomic E-state index is -2.33. The smallest absolute Gasteiger partial charge is 0.312 e. The van der Waals surface area contributed by atoms with E-state index in [4.69, 9.17) is 14.8 Å². The topological polar surface area (TPSA) is 27.7 Å². The predicted molar refractivity (Wildman–Crippen MR) is 76.0 cm³/mol. The van der Waals surface area contributed by atoms with Gasteiger partial charge in [0, 0.05) is 2.47 Å². The fourth-order valence-electron chi connectivity index (χ4n) is 1.62. The third-order valence-corrected chi connectivity index (χ3v) is 12.5. The molecule has 0 aliphatic carbocycles. The monoisotopic (exact) mass is 284 g/mol. The van der Waals surface area contributed by atoms with E-state index >= 15 is 0 Å². The lowest BCUT2D eigenvalue weighted by molar-refractivity contribution is 0.340. The van der Waals surface area contributed by atoms with E-state index in [1.807, 2.05) is 52.4 Å². The first-order valence-electron chi connectivity index (χ1n) is 6.22. The molecule has 92 valence electrons. The summed E-state index contributed by atoms with van der Waals surface area (Å²) in [5.41, 5.74) is 0. The number of rotatable bonds is 6. The van der Waals surface area contributed by atoms with Gasteiger partial charge in [-0.15, -0.1) is 0 Å². The van der Waals surface area contributed by atoms with Crippen molar-refractivity contribution in [2.24, 2.45) is 0 Å². The van der Waals surface area contributed by atoms with Gasteiger partial charge in [0.05, 0.1) is 0 Å². The molecule has 0 N–H and O–H groups in total. The normalized spacial score (nSPS) is 17.3. The fourth-order valence-corrected chi connectivity index (χ4v) is 15.3. The summed E-state index contributed by atoms with van der Waals surface area (Å²) in [7, 11) is -9.31. The molecule has 15 heavy (non-hydrogen) atoms. The Kier molecular flexibility index (Phi) is 4.80. The van der Waals surface area contributed by atoms with Crippen LogP contribution in [0.5, 0.6) is 0 Å². The summed E-state index contributed by atoms with van der Waals surface area (Å²) in [6.45, 7) is 15.2. The van der Waals surface area contributed by atoms with Crippen molar-refractivity contribution in [3.8, 4) is 0 Å². The van der Waals surface area contributed by atoms with Crippen molar-refractivity contribution in [2.45, 2.75) is 52.4 Å². The van der Waals surface area contributed by atoms with Gasteiger partial charge in [0.15, 0.2) is 17.9 Å². The van der Waals surface area contributed by atoms with Crippen LogP contribution in [0, 0.1) is 0 Å². The molecule has 0 unspecified atom stereocenters. The molecule has 0 radical (unpaired) electrons. The van der Waals surface area contributed by atoms with E-state index in [0.29, 0.717) is 0 Å². The molecule has 0 saturated carbocycles. The van der Waals surface area contributed by atoms with Crippen LogP contribution >= 0.6 is 0 Å². The Hall–Kier alpha value is 0.748. The van der Waals surface area contributed by atoms with Crippen molar-refractivity contribution in [1.82, 2.24) is 0 Å². The summed E-state index contributed by atoms with van der Waals surface area (Å²) in [6, 6.07) is 0. The SMILES string of the molecule is [2H][Si](C)(C)O[Si](C)(C)O[Si](C)(C)O[Si]([2H])(C)C. The molecular formula is C8H26O3Si4. The standard InChI is InChI=1S/C8H26O3Si4/c1-12(2)9-14(5,6)11-15(7,8)10-13(3)4/h12-13H,1-8H3/i12D,13D. The summed E-state index contributed by atoms with van der Waals surface area (Å²) in [5.74, 6) is 0. The zero-order valence-electron chi connectivity index (χ0n) is 13.2. The van der Waals surface area contributed by atoms with E-state index in [1.54, 1.807) is 0 Å². The van der Waals surface area contributed by atoms with Gasteiger partial charge in [0.1, 0.15) is 0 Å².